The number of carbonyl (C=O) groups is 1. The minimum atomic E-state index is -0.287. The minimum absolute atomic E-state index is 0.0285. The highest BCUT2D eigenvalue weighted by molar-refractivity contribution is 5.74. The lowest BCUT2D eigenvalue weighted by Gasteiger charge is -2.30. The zero-order valence-corrected chi connectivity index (χ0v) is 11.8. The van der Waals surface area contributed by atoms with Crippen LogP contribution in [-0.2, 0) is 0 Å². The molecule has 2 rings (SSSR count). The van der Waals surface area contributed by atoms with E-state index in [1.54, 1.807) is 12.1 Å². The van der Waals surface area contributed by atoms with Crippen molar-refractivity contribution in [2.75, 3.05) is 26.2 Å². The van der Waals surface area contributed by atoms with Crippen LogP contribution >= 0.6 is 0 Å². The van der Waals surface area contributed by atoms with E-state index in [1.165, 1.54) is 18.6 Å². The standard InChI is InChI=1S/C15H21FN2O2/c1-12-3-2-9-18(11-12)15(19)17-8-10-20-14-6-4-13(16)5-7-14/h4-7,12H,2-3,8-11H2,1H3,(H,17,19). The van der Waals surface area contributed by atoms with Crippen LogP contribution in [0.15, 0.2) is 24.3 Å². The molecule has 0 spiro atoms. The van der Waals surface area contributed by atoms with E-state index in [-0.39, 0.29) is 11.8 Å². The molecule has 110 valence electrons. The first kappa shape index (κ1) is 14.6. The first-order valence-electron chi connectivity index (χ1n) is 7.06. The van der Waals surface area contributed by atoms with Crippen LogP contribution in [0.5, 0.6) is 5.75 Å². The maximum absolute atomic E-state index is 12.7. The lowest BCUT2D eigenvalue weighted by atomic mass is 10.0. The molecule has 0 aromatic heterocycles. The van der Waals surface area contributed by atoms with Gasteiger partial charge in [-0.05, 0) is 43.0 Å². The van der Waals surface area contributed by atoms with Gasteiger partial charge in [-0.1, -0.05) is 6.92 Å². The Bertz CT molecular complexity index is 436. The quantitative estimate of drug-likeness (QED) is 0.861. The van der Waals surface area contributed by atoms with Crippen molar-refractivity contribution in [1.29, 1.82) is 0 Å². The number of halogens is 1. The molecule has 1 aliphatic rings. The average Bonchev–Trinajstić information content (AvgIpc) is 2.45. The molecule has 0 radical (unpaired) electrons. The molecule has 5 heteroatoms. The summed E-state index contributed by atoms with van der Waals surface area (Å²) in [7, 11) is 0. The van der Waals surface area contributed by atoms with E-state index >= 15 is 0 Å². The third-order valence-corrected chi connectivity index (χ3v) is 3.40. The van der Waals surface area contributed by atoms with Gasteiger partial charge < -0.3 is 15.0 Å². The number of nitrogens with zero attached hydrogens (tertiary/aromatic N) is 1. The number of hydrogen-bond acceptors (Lipinski definition) is 2. The fraction of sp³-hybridized carbons (Fsp3) is 0.533. The van der Waals surface area contributed by atoms with Crippen molar-refractivity contribution in [3.63, 3.8) is 0 Å². The lowest BCUT2D eigenvalue weighted by molar-refractivity contribution is 0.167. The fourth-order valence-electron chi connectivity index (χ4n) is 2.34. The van der Waals surface area contributed by atoms with Gasteiger partial charge >= 0.3 is 6.03 Å². The molecule has 1 aromatic carbocycles. The molecule has 1 heterocycles. The molecule has 1 fully saturated rings. The van der Waals surface area contributed by atoms with Gasteiger partial charge in [0.15, 0.2) is 0 Å². The maximum Gasteiger partial charge on any atom is 0.317 e. The second kappa shape index (κ2) is 7.12. The molecule has 1 N–H and O–H groups in total. The Morgan fingerprint density at radius 2 is 2.20 bits per heavy atom. The molecule has 1 atom stereocenters. The number of rotatable bonds is 4. The van der Waals surface area contributed by atoms with Crippen LogP contribution in [0.25, 0.3) is 0 Å². The summed E-state index contributed by atoms with van der Waals surface area (Å²) in [5, 5.41) is 2.84. The van der Waals surface area contributed by atoms with E-state index in [2.05, 4.69) is 12.2 Å². The Labute approximate surface area is 118 Å². The summed E-state index contributed by atoms with van der Waals surface area (Å²) in [6.45, 7) is 4.64. The van der Waals surface area contributed by atoms with Crippen molar-refractivity contribution in [3.05, 3.63) is 30.1 Å². The Balaban J connectivity index is 1.65. The summed E-state index contributed by atoms with van der Waals surface area (Å²) in [4.78, 5) is 13.8. The van der Waals surface area contributed by atoms with Crippen LogP contribution < -0.4 is 10.1 Å². The Hall–Kier alpha value is -1.78. The van der Waals surface area contributed by atoms with Gasteiger partial charge in [0.1, 0.15) is 18.2 Å². The molecule has 1 aromatic rings. The molecule has 0 aliphatic carbocycles. The van der Waals surface area contributed by atoms with E-state index in [4.69, 9.17) is 4.74 Å². The predicted molar refractivity (Wildman–Crippen MR) is 75.3 cm³/mol. The summed E-state index contributed by atoms with van der Waals surface area (Å²) < 4.78 is 18.1. The molecule has 4 nitrogen and oxygen atoms in total. The van der Waals surface area contributed by atoms with Crippen molar-refractivity contribution >= 4 is 6.03 Å². The van der Waals surface area contributed by atoms with Crippen molar-refractivity contribution in [2.24, 2.45) is 5.92 Å². The topological polar surface area (TPSA) is 41.6 Å². The van der Waals surface area contributed by atoms with Crippen molar-refractivity contribution < 1.29 is 13.9 Å². The number of nitrogens with one attached hydrogen (secondary N) is 1. The zero-order chi connectivity index (χ0) is 14.4. The number of urea groups is 1. The first-order chi connectivity index (χ1) is 9.65. The van der Waals surface area contributed by atoms with E-state index in [9.17, 15) is 9.18 Å². The second-order valence-corrected chi connectivity index (χ2v) is 5.23. The van der Waals surface area contributed by atoms with Gasteiger partial charge in [-0.3, -0.25) is 0 Å². The zero-order valence-electron chi connectivity index (χ0n) is 11.8. The third kappa shape index (κ3) is 4.40. The molecule has 2 amide bonds. The number of amides is 2. The van der Waals surface area contributed by atoms with E-state index in [0.717, 1.165) is 19.5 Å². The van der Waals surface area contributed by atoms with Gasteiger partial charge in [-0.2, -0.15) is 0 Å². The monoisotopic (exact) mass is 280 g/mol. The average molecular weight is 280 g/mol. The summed E-state index contributed by atoms with van der Waals surface area (Å²) in [6, 6.07) is 5.82. The SMILES string of the molecule is CC1CCCN(C(=O)NCCOc2ccc(F)cc2)C1. The van der Waals surface area contributed by atoms with Gasteiger partial charge in [0.05, 0.1) is 6.54 Å². The summed E-state index contributed by atoms with van der Waals surface area (Å²) >= 11 is 0. The highest BCUT2D eigenvalue weighted by Gasteiger charge is 2.20. The van der Waals surface area contributed by atoms with Gasteiger partial charge in [-0.25, -0.2) is 9.18 Å². The Kier molecular flexibility index (Phi) is 5.21. The van der Waals surface area contributed by atoms with Gasteiger partial charge in [0, 0.05) is 13.1 Å². The summed E-state index contributed by atoms with van der Waals surface area (Å²) in [5.41, 5.74) is 0. The molecule has 20 heavy (non-hydrogen) atoms. The smallest absolute Gasteiger partial charge is 0.317 e. The number of ether oxygens (including phenoxy) is 1. The molecular weight excluding hydrogens is 259 g/mol. The minimum Gasteiger partial charge on any atom is -0.492 e. The number of hydrogen-bond donors (Lipinski definition) is 1. The van der Waals surface area contributed by atoms with Crippen LogP contribution in [0.4, 0.5) is 9.18 Å². The molecule has 0 bridgehead atoms. The Morgan fingerprint density at radius 3 is 2.90 bits per heavy atom. The number of piperidine rings is 1. The second-order valence-electron chi connectivity index (χ2n) is 5.23. The summed E-state index contributed by atoms with van der Waals surface area (Å²) in [5.74, 6) is 0.891. The van der Waals surface area contributed by atoms with Crippen LogP contribution in [0.2, 0.25) is 0 Å². The van der Waals surface area contributed by atoms with E-state index < -0.39 is 0 Å². The van der Waals surface area contributed by atoms with Crippen LogP contribution in [0, 0.1) is 11.7 Å². The van der Waals surface area contributed by atoms with Crippen molar-refractivity contribution in [1.82, 2.24) is 10.2 Å². The first-order valence-corrected chi connectivity index (χ1v) is 7.06. The highest BCUT2D eigenvalue weighted by atomic mass is 19.1. The number of likely N-dealkylation sites (tertiary alicyclic amines) is 1. The lowest BCUT2D eigenvalue weighted by Crippen LogP contribution is -2.45. The van der Waals surface area contributed by atoms with E-state index in [1.807, 2.05) is 4.90 Å². The van der Waals surface area contributed by atoms with Gasteiger partial charge in [-0.15, -0.1) is 0 Å². The largest absolute Gasteiger partial charge is 0.492 e. The normalized spacial score (nSPS) is 18.7. The van der Waals surface area contributed by atoms with Crippen molar-refractivity contribution in [3.8, 4) is 5.75 Å². The molecule has 1 aliphatic heterocycles. The summed E-state index contributed by atoms with van der Waals surface area (Å²) in [6.07, 6.45) is 2.26. The number of carbonyl (C=O) groups excluding carboxylic acids is 1. The third-order valence-electron chi connectivity index (χ3n) is 3.40. The Morgan fingerprint density at radius 1 is 1.45 bits per heavy atom. The predicted octanol–water partition coefficient (Wildman–Crippen LogP) is 2.65. The fourth-order valence-corrected chi connectivity index (χ4v) is 2.34. The maximum atomic E-state index is 12.7. The van der Waals surface area contributed by atoms with Gasteiger partial charge in [0.2, 0.25) is 0 Å². The van der Waals surface area contributed by atoms with Crippen molar-refractivity contribution in [2.45, 2.75) is 19.8 Å². The number of benzene rings is 1. The van der Waals surface area contributed by atoms with E-state index in [0.29, 0.717) is 24.8 Å². The molecule has 0 saturated carbocycles. The molecule has 1 unspecified atom stereocenters. The van der Waals surface area contributed by atoms with Crippen LogP contribution in [-0.4, -0.2) is 37.2 Å². The molecule has 1 saturated heterocycles. The van der Waals surface area contributed by atoms with Gasteiger partial charge in [0.25, 0.3) is 0 Å². The van der Waals surface area contributed by atoms with Crippen LogP contribution in [0.3, 0.4) is 0 Å². The molecular formula is C15H21FN2O2. The van der Waals surface area contributed by atoms with Crippen LogP contribution in [0.1, 0.15) is 19.8 Å². The highest BCUT2D eigenvalue weighted by Crippen LogP contribution is 2.15.